The lowest BCUT2D eigenvalue weighted by Crippen LogP contribution is -2.49. The monoisotopic (exact) mass is 328 g/mol. The van der Waals surface area contributed by atoms with Crippen LogP contribution in [0.1, 0.15) is 38.1 Å². The highest BCUT2D eigenvalue weighted by Gasteiger charge is 2.30. The fourth-order valence-electron chi connectivity index (χ4n) is 3.66. The molecule has 3 heterocycles. The summed E-state index contributed by atoms with van der Waals surface area (Å²) in [7, 11) is 2.09. The molecule has 0 spiro atoms. The lowest BCUT2D eigenvalue weighted by atomic mass is 9.93. The van der Waals surface area contributed by atoms with E-state index in [0.717, 1.165) is 38.6 Å². The maximum atomic E-state index is 5.82. The zero-order valence-corrected chi connectivity index (χ0v) is 14.5. The Bertz CT molecular complexity index is 453. The van der Waals surface area contributed by atoms with Crippen molar-refractivity contribution >= 4 is 12.4 Å². The van der Waals surface area contributed by atoms with Crippen molar-refractivity contribution in [3.8, 4) is 0 Å². The molecule has 0 amide bonds. The van der Waals surface area contributed by atoms with Crippen LogP contribution in [0, 0.1) is 5.92 Å². The Morgan fingerprint density at radius 1 is 1.45 bits per heavy atom. The van der Waals surface area contributed by atoms with Gasteiger partial charge in [0.05, 0.1) is 12.1 Å². The predicted molar refractivity (Wildman–Crippen MR) is 90.4 cm³/mol. The Morgan fingerprint density at radius 3 is 3.05 bits per heavy atom. The lowest BCUT2D eigenvalue weighted by molar-refractivity contribution is -0.0227. The van der Waals surface area contributed by atoms with Gasteiger partial charge in [-0.1, -0.05) is 6.92 Å². The van der Waals surface area contributed by atoms with E-state index in [1.165, 1.54) is 25.2 Å². The van der Waals surface area contributed by atoms with Crippen LogP contribution in [0.2, 0.25) is 0 Å². The van der Waals surface area contributed by atoms with Gasteiger partial charge in [-0.15, -0.1) is 12.4 Å². The van der Waals surface area contributed by atoms with Crippen LogP contribution in [-0.4, -0.2) is 53.3 Å². The van der Waals surface area contributed by atoms with Crippen LogP contribution in [0.25, 0.3) is 0 Å². The van der Waals surface area contributed by atoms with Crippen molar-refractivity contribution in [3.05, 3.63) is 18.2 Å². The van der Waals surface area contributed by atoms with Gasteiger partial charge in [0.1, 0.15) is 5.82 Å². The van der Waals surface area contributed by atoms with Gasteiger partial charge in [0, 0.05) is 52.2 Å². The smallest absolute Gasteiger partial charge is 0.127 e. The van der Waals surface area contributed by atoms with Crippen molar-refractivity contribution in [2.24, 2.45) is 13.0 Å². The van der Waals surface area contributed by atoms with Gasteiger partial charge in [0.15, 0.2) is 0 Å². The average molecular weight is 329 g/mol. The Hall–Kier alpha value is -0.620. The normalized spacial score (nSPS) is 30.0. The highest BCUT2D eigenvalue weighted by molar-refractivity contribution is 5.85. The number of ether oxygens (including phenoxy) is 1. The van der Waals surface area contributed by atoms with Crippen LogP contribution in [0.5, 0.6) is 0 Å². The van der Waals surface area contributed by atoms with E-state index >= 15 is 0 Å². The Morgan fingerprint density at radius 2 is 2.32 bits per heavy atom. The molecular formula is C16H29ClN4O. The molecule has 2 aliphatic heterocycles. The van der Waals surface area contributed by atoms with Crippen LogP contribution in [0.15, 0.2) is 12.4 Å². The maximum Gasteiger partial charge on any atom is 0.127 e. The summed E-state index contributed by atoms with van der Waals surface area (Å²) >= 11 is 0. The van der Waals surface area contributed by atoms with E-state index in [0.29, 0.717) is 12.1 Å². The van der Waals surface area contributed by atoms with Gasteiger partial charge in [-0.25, -0.2) is 4.98 Å². The van der Waals surface area contributed by atoms with E-state index in [-0.39, 0.29) is 12.4 Å². The lowest BCUT2D eigenvalue weighted by Gasteiger charge is -2.39. The number of aryl methyl sites for hydroxylation is 1. The first-order chi connectivity index (χ1) is 10.3. The number of nitrogens with one attached hydrogen (secondary N) is 1. The second-order valence-electron chi connectivity index (χ2n) is 6.40. The fraction of sp³-hybridized carbons (Fsp3) is 0.812. The van der Waals surface area contributed by atoms with Gasteiger partial charge >= 0.3 is 0 Å². The molecule has 2 saturated heterocycles. The molecule has 0 aliphatic carbocycles. The first kappa shape index (κ1) is 17.7. The first-order valence-corrected chi connectivity index (χ1v) is 8.31. The third-order valence-electron chi connectivity index (χ3n) is 4.93. The van der Waals surface area contributed by atoms with Crippen LogP contribution < -0.4 is 5.32 Å². The zero-order valence-electron chi connectivity index (χ0n) is 13.7. The summed E-state index contributed by atoms with van der Waals surface area (Å²) in [6, 6.07) is 0.404. The number of nitrogens with zero attached hydrogens (tertiary/aromatic N) is 3. The van der Waals surface area contributed by atoms with E-state index in [2.05, 4.69) is 33.7 Å². The molecule has 3 atom stereocenters. The molecule has 0 radical (unpaired) electrons. The summed E-state index contributed by atoms with van der Waals surface area (Å²) < 4.78 is 7.97. The molecule has 126 valence electrons. The summed E-state index contributed by atoms with van der Waals surface area (Å²) in [5.41, 5.74) is 0. The number of hydrogen-bond acceptors (Lipinski definition) is 4. The van der Waals surface area contributed by atoms with Crippen molar-refractivity contribution in [1.29, 1.82) is 0 Å². The summed E-state index contributed by atoms with van der Waals surface area (Å²) in [5, 5.41) is 3.52. The number of rotatable bonds is 4. The van der Waals surface area contributed by atoms with E-state index in [9.17, 15) is 0 Å². The Kier molecular flexibility index (Phi) is 6.68. The molecule has 1 aromatic rings. The average Bonchev–Trinajstić information content (AvgIpc) is 2.94. The minimum atomic E-state index is 0. The number of halogens is 1. The van der Waals surface area contributed by atoms with Crippen molar-refractivity contribution in [1.82, 2.24) is 19.8 Å². The topological polar surface area (TPSA) is 42.3 Å². The first-order valence-electron chi connectivity index (χ1n) is 8.31. The van der Waals surface area contributed by atoms with Gasteiger partial charge in [-0.2, -0.15) is 0 Å². The molecule has 2 aliphatic rings. The predicted octanol–water partition coefficient (Wildman–Crippen LogP) is 1.99. The minimum Gasteiger partial charge on any atom is -0.378 e. The summed E-state index contributed by atoms with van der Waals surface area (Å²) in [6.07, 6.45) is 7.98. The minimum absolute atomic E-state index is 0. The molecular weight excluding hydrogens is 300 g/mol. The van der Waals surface area contributed by atoms with Crippen molar-refractivity contribution in [3.63, 3.8) is 0 Å². The number of hydrogen-bond donors (Lipinski definition) is 1. The van der Waals surface area contributed by atoms with Gasteiger partial charge < -0.3 is 14.6 Å². The van der Waals surface area contributed by atoms with Crippen LogP contribution >= 0.6 is 12.4 Å². The zero-order chi connectivity index (χ0) is 14.7. The van der Waals surface area contributed by atoms with E-state index < -0.39 is 0 Å². The fourth-order valence-corrected chi connectivity index (χ4v) is 3.66. The third-order valence-corrected chi connectivity index (χ3v) is 4.93. The molecule has 1 N–H and O–H groups in total. The standard InChI is InChI=1S/C16H28N4O.ClH/c1-3-14-10-13(4-9-21-14)12-20-8-5-17-11-15(20)16-18-6-7-19(16)2;/h6-7,13-15,17H,3-5,8-12H2,1-2H3;1H. The van der Waals surface area contributed by atoms with Crippen LogP contribution in [0.3, 0.4) is 0 Å². The van der Waals surface area contributed by atoms with Crippen molar-refractivity contribution in [2.75, 3.05) is 32.8 Å². The molecule has 0 saturated carbocycles. The van der Waals surface area contributed by atoms with Crippen LogP contribution in [0.4, 0.5) is 0 Å². The Balaban J connectivity index is 0.00000176. The largest absolute Gasteiger partial charge is 0.378 e. The second-order valence-corrected chi connectivity index (χ2v) is 6.40. The highest BCUT2D eigenvalue weighted by atomic mass is 35.5. The van der Waals surface area contributed by atoms with Crippen molar-refractivity contribution < 1.29 is 4.74 Å². The molecule has 2 fully saturated rings. The third kappa shape index (κ3) is 4.02. The summed E-state index contributed by atoms with van der Waals surface area (Å²) in [4.78, 5) is 7.20. The molecule has 22 heavy (non-hydrogen) atoms. The van der Waals surface area contributed by atoms with Gasteiger partial charge in [-0.3, -0.25) is 4.90 Å². The Labute approximate surface area is 139 Å². The highest BCUT2D eigenvalue weighted by Crippen LogP contribution is 2.27. The molecule has 5 nitrogen and oxygen atoms in total. The van der Waals surface area contributed by atoms with E-state index in [4.69, 9.17) is 4.74 Å². The number of aromatic nitrogens is 2. The molecule has 0 bridgehead atoms. The van der Waals surface area contributed by atoms with Gasteiger partial charge in [-0.05, 0) is 25.2 Å². The summed E-state index contributed by atoms with van der Waals surface area (Å²) in [6.45, 7) is 7.55. The molecule has 1 aromatic heterocycles. The number of piperazine rings is 1. The maximum absolute atomic E-state index is 5.82. The quantitative estimate of drug-likeness (QED) is 0.918. The van der Waals surface area contributed by atoms with E-state index in [1.807, 2.05) is 12.4 Å². The van der Waals surface area contributed by atoms with Crippen molar-refractivity contribution in [2.45, 2.75) is 38.3 Å². The SMILES string of the molecule is CCC1CC(CN2CCNCC2c2nccn2C)CCO1.Cl. The van der Waals surface area contributed by atoms with Gasteiger partial charge in [0.25, 0.3) is 0 Å². The number of imidazole rings is 1. The molecule has 6 heteroatoms. The van der Waals surface area contributed by atoms with Gasteiger partial charge in [0.2, 0.25) is 0 Å². The summed E-state index contributed by atoms with van der Waals surface area (Å²) in [5.74, 6) is 1.95. The molecule has 3 unspecified atom stereocenters. The second kappa shape index (κ2) is 8.29. The van der Waals surface area contributed by atoms with E-state index in [1.54, 1.807) is 0 Å². The van der Waals surface area contributed by atoms with Crippen LogP contribution in [-0.2, 0) is 11.8 Å². The molecule has 0 aromatic carbocycles. The molecule has 3 rings (SSSR count).